The minimum Gasteiger partial charge on any atom is -0.495 e. The molecule has 0 radical (unpaired) electrons. The highest BCUT2D eigenvalue weighted by molar-refractivity contribution is 9.10. The van der Waals surface area contributed by atoms with Crippen LogP contribution in [0.25, 0.3) is 11.4 Å². The lowest BCUT2D eigenvalue weighted by Crippen LogP contribution is -2.23. The minimum atomic E-state index is -0.592. The molecule has 0 unspecified atom stereocenters. The molecular formula is C23H17BrN4O3S. The molecule has 0 spiro atoms. The first-order valence-corrected chi connectivity index (χ1v) is 10.7. The highest BCUT2D eigenvalue weighted by Gasteiger charge is 2.21. The van der Waals surface area contributed by atoms with Crippen LogP contribution in [0.4, 0.5) is 11.4 Å². The van der Waals surface area contributed by atoms with Crippen LogP contribution in [0, 0.1) is 4.77 Å². The van der Waals surface area contributed by atoms with Crippen molar-refractivity contribution in [1.29, 1.82) is 0 Å². The summed E-state index contributed by atoms with van der Waals surface area (Å²) in [5.74, 6) is 0.0329. The predicted molar refractivity (Wildman–Crippen MR) is 129 cm³/mol. The smallest absolute Gasteiger partial charge is 0.290 e. The van der Waals surface area contributed by atoms with Gasteiger partial charge >= 0.3 is 0 Å². The molecule has 0 aliphatic carbocycles. The first-order chi connectivity index (χ1) is 15.5. The van der Waals surface area contributed by atoms with E-state index in [0.717, 1.165) is 4.47 Å². The maximum absolute atomic E-state index is 13.4. The fourth-order valence-corrected chi connectivity index (χ4v) is 3.76. The molecule has 0 atom stereocenters. The Hall–Kier alpha value is -3.56. The van der Waals surface area contributed by atoms with Gasteiger partial charge in [0.2, 0.25) is 11.6 Å². The van der Waals surface area contributed by atoms with Gasteiger partial charge in [-0.15, -0.1) is 5.11 Å². The summed E-state index contributed by atoms with van der Waals surface area (Å²) in [4.78, 5) is 13.4. The van der Waals surface area contributed by atoms with Gasteiger partial charge in [0.25, 0.3) is 5.56 Å². The molecule has 0 saturated heterocycles. The van der Waals surface area contributed by atoms with Gasteiger partial charge < -0.3 is 9.84 Å². The van der Waals surface area contributed by atoms with Crippen molar-refractivity contribution in [3.63, 3.8) is 0 Å². The Labute approximate surface area is 197 Å². The molecule has 4 rings (SSSR count). The number of azo groups is 1. The second-order valence-electron chi connectivity index (χ2n) is 6.61. The molecule has 0 fully saturated rings. The van der Waals surface area contributed by atoms with Crippen LogP contribution in [-0.2, 0) is 0 Å². The van der Waals surface area contributed by atoms with Gasteiger partial charge in [-0.2, -0.15) is 5.11 Å². The first kappa shape index (κ1) is 21.7. The quantitative estimate of drug-likeness (QED) is 0.255. The topological polar surface area (TPSA) is 81.1 Å². The third-order valence-corrected chi connectivity index (χ3v) is 5.54. The molecule has 32 heavy (non-hydrogen) atoms. The summed E-state index contributed by atoms with van der Waals surface area (Å²) in [7, 11) is 1.51. The molecule has 3 aromatic carbocycles. The van der Waals surface area contributed by atoms with E-state index in [2.05, 4.69) is 26.2 Å². The van der Waals surface area contributed by atoms with E-state index in [4.69, 9.17) is 17.0 Å². The average Bonchev–Trinajstić information content (AvgIpc) is 2.81. The number of rotatable bonds is 5. The normalized spacial score (nSPS) is 11.1. The lowest BCUT2D eigenvalue weighted by Gasteiger charge is -2.17. The van der Waals surface area contributed by atoms with E-state index in [1.54, 1.807) is 72.8 Å². The van der Waals surface area contributed by atoms with Crippen LogP contribution in [-0.4, -0.2) is 21.4 Å². The van der Waals surface area contributed by atoms with Crippen molar-refractivity contribution in [1.82, 2.24) is 9.13 Å². The summed E-state index contributed by atoms with van der Waals surface area (Å²) < 4.78 is 9.04. The van der Waals surface area contributed by atoms with Gasteiger partial charge in [0, 0.05) is 4.47 Å². The van der Waals surface area contributed by atoms with Crippen molar-refractivity contribution in [3.8, 4) is 23.0 Å². The molecular weight excluding hydrogens is 492 g/mol. The second-order valence-corrected chi connectivity index (χ2v) is 7.90. The van der Waals surface area contributed by atoms with Crippen LogP contribution in [0.15, 0.2) is 98.4 Å². The average molecular weight is 509 g/mol. The van der Waals surface area contributed by atoms with Gasteiger partial charge in [-0.25, -0.2) is 0 Å². The largest absolute Gasteiger partial charge is 0.495 e. The zero-order valence-electron chi connectivity index (χ0n) is 16.8. The lowest BCUT2D eigenvalue weighted by molar-refractivity contribution is 0.402. The van der Waals surface area contributed by atoms with Crippen molar-refractivity contribution >= 4 is 39.5 Å². The monoisotopic (exact) mass is 508 g/mol. The lowest BCUT2D eigenvalue weighted by atomic mass is 10.2. The van der Waals surface area contributed by atoms with Crippen LogP contribution in [0.5, 0.6) is 11.6 Å². The Morgan fingerprint density at radius 1 is 0.906 bits per heavy atom. The molecule has 0 saturated carbocycles. The van der Waals surface area contributed by atoms with Gasteiger partial charge in [0.15, 0.2) is 4.77 Å². The highest BCUT2D eigenvalue weighted by Crippen LogP contribution is 2.32. The number of halogens is 1. The van der Waals surface area contributed by atoms with Gasteiger partial charge in [-0.1, -0.05) is 46.3 Å². The molecule has 4 aromatic rings. The van der Waals surface area contributed by atoms with Gasteiger partial charge in [0.05, 0.1) is 24.2 Å². The Morgan fingerprint density at radius 2 is 1.56 bits per heavy atom. The molecule has 1 heterocycles. The van der Waals surface area contributed by atoms with E-state index in [1.165, 1.54) is 16.2 Å². The third kappa shape index (κ3) is 4.12. The van der Waals surface area contributed by atoms with Crippen LogP contribution >= 0.6 is 28.1 Å². The Balaban J connectivity index is 2.02. The van der Waals surface area contributed by atoms with Crippen LogP contribution in [0.1, 0.15) is 0 Å². The van der Waals surface area contributed by atoms with E-state index < -0.39 is 11.4 Å². The molecule has 0 aliphatic heterocycles. The van der Waals surface area contributed by atoms with Gasteiger partial charge in [0.1, 0.15) is 5.75 Å². The summed E-state index contributed by atoms with van der Waals surface area (Å²) in [6.07, 6.45) is 0. The van der Waals surface area contributed by atoms with Gasteiger partial charge in [-0.3, -0.25) is 13.9 Å². The number of benzene rings is 3. The summed E-state index contributed by atoms with van der Waals surface area (Å²) in [5.41, 5.74) is 0.667. The highest BCUT2D eigenvalue weighted by atomic mass is 79.9. The zero-order chi connectivity index (χ0) is 22.7. The molecule has 160 valence electrons. The SMILES string of the molecule is COc1ccccc1-n1c(O)c(N=Nc2ccc(Br)cc2)c(=O)n(-c2ccccc2)c1=S. The fourth-order valence-electron chi connectivity index (χ4n) is 3.12. The second kappa shape index (κ2) is 9.29. The number of para-hydroxylation sites is 3. The van der Waals surface area contributed by atoms with Crippen molar-refractivity contribution in [2.75, 3.05) is 7.11 Å². The van der Waals surface area contributed by atoms with Crippen molar-refractivity contribution < 1.29 is 9.84 Å². The molecule has 7 nitrogen and oxygen atoms in total. The van der Waals surface area contributed by atoms with Crippen LogP contribution in [0.3, 0.4) is 0 Å². The van der Waals surface area contributed by atoms with E-state index in [-0.39, 0.29) is 10.5 Å². The Morgan fingerprint density at radius 3 is 2.25 bits per heavy atom. The Bertz CT molecular complexity index is 1410. The maximum Gasteiger partial charge on any atom is 0.290 e. The molecule has 0 bridgehead atoms. The fraction of sp³-hybridized carbons (Fsp3) is 0.0435. The predicted octanol–water partition coefficient (Wildman–Crippen LogP) is 6.25. The number of hydrogen-bond acceptors (Lipinski definition) is 6. The van der Waals surface area contributed by atoms with E-state index in [0.29, 0.717) is 22.8 Å². The van der Waals surface area contributed by atoms with E-state index in [9.17, 15) is 9.90 Å². The molecule has 1 aromatic heterocycles. The van der Waals surface area contributed by atoms with E-state index in [1.807, 2.05) is 6.07 Å². The molecule has 0 aliphatic rings. The van der Waals surface area contributed by atoms with Crippen LogP contribution < -0.4 is 10.3 Å². The van der Waals surface area contributed by atoms with Crippen LogP contribution in [0.2, 0.25) is 0 Å². The van der Waals surface area contributed by atoms with E-state index >= 15 is 0 Å². The molecule has 9 heteroatoms. The molecule has 1 N–H and O–H groups in total. The first-order valence-electron chi connectivity index (χ1n) is 9.48. The number of aromatic hydroxyl groups is 1. The number of ether oxygens (including phenoxy) is 1. The number of aromatic nitrogens is 2. The number of nitrogens with zero attached hydrogens (tertiary/aromatic N) is 4. The summed E-state index contributed by atoms with van der Waals surface area (Å²) in [5, 5.41) is 19.3. The third-order valence-electron chi connectivity index (χ3n) is 4.64. The van der Waals surface area contributed by atoms with Gasteiger partial charge in [-0.05, 0) is 60.7 Å². The molecule has 0 amide bonds. The van der Waals surface area contributed by atoms with Crippen molar-refractivity contribution in [3.05, 3.63) is 98.5 Å². The minimum absolute atomic E-state index is 0.0609. The number of methoxy groups -OCH3 is 1. The zero-order valence-corrected chi connectivity index (χ0v) is 19.2. The Kier molecular flexibility index (Phi) is 6.29. The van der Waals surface area contributed by atoms with Crippen molar-refractivity contribution in [2.24, 2.45) is 10.2 Å². The maximum atomic E-state index is 13.4. The summed E-state index contributed by atoms with van der Waals surface area (Å²) in [6, 6.07) is 23.0. The number of hydrogen-bond donors (Lipinski definition) is 1. The standard InChI is InChI=1S/C23H17BrN4O3S/c1-31-19-10-6-5-9-18(19)28-22(30)20(26-25-16-13-11-15(24)12-14-16)21(29)27(23(28)32)17-7-3-2-4-8-17/h2-14,30H,1H3. The summed E-state index contributed by atoms with van der Waals surface area (Å²) in [6.45, 7) is 0. The van der Waals surface area contributed by atoms with Crippen molar-refractivity contribution in [2.45, 2.75) is 0 Å². The summed E-state index contributed by atoms with van der Waals surface area (Å²) >= 11 is 8.99.